The maximum atomic E-state index is 11.9. The Hall–Kier alpha value is -1.90. The molecular formula is C11H22N6O3. The zero-order valence-corrected chi connectivity index (χ0v) is 11.5. The first-order chi connectivity index (χ1) is 9.50. The number of carbonyl (C=O) groups is 1. The highest BCUT2D eigenvalue weighted by Gasteiger charge is 2.22. The number of rotatable bonds is 7. The molecule has 1 aliphatic rings. The van der Waals surface area contributed by atoms with Gasteiger partial charge < -0.3 is 16.4 Å². The van der Waals surface area contributed by atoms with Crippen molar-refractivity contribution >= 4 is 11.9 Å². The Morgan fingerprint density at radius 1 is 1.40 bits per heavy atom. The van der Waals surface area contributed by atoms with Gasteiger partial charge in [0.05, 0.1) is 6.04 Å². The van der Waals surface area contributed by atoms with Gasteiger partial charge in [-0.15, -0.1) is 0 Å². The summed E-state index contributed by atoms with van der Waals surface area (Å²) in [4.78, 5) is 27.6. The van der Waals surface area contributed by atoms with E-state index >= 15 is 0 Å². The number of likely N-dealkylation sites (tertiary alicyclic amines) is 1. The molecular weight excluding hydrogens is 264 g/mol. The number of hydrazine groups is 1. The molecule has 0 aliphatic carbocycles. The Morgan fingerprint density at radius 3 is 2.65 bits per heavy atom. The number of nitrogens with two attached hydrogens (primary N) is 2. The summed E-state index contributed by atoms with van der Waals surface area (Å²) in [7, 11) is 0. The van der Waals surface area contributed by atoms with E-state index in [4.69, 9.17) is 11.5 Å². The lowest BCUT2D eigenvalue weighted by atomic mass is 10.1. The minimum absolute atomic E-state index is 0.0144. The first-order valence-corrected chi connectivity index (χ1v) is 6.76. The maximum absolute atomic E-state index is 11.9. The molecule has 1 fully saturated rings. The number of hydrogen-bond donors (Lipinski definition) is 3. The molecule has 0 aromatic rings. The summed E-state index contributed by atoms with van der Waals surface area (Å²) < 4.78 is 0. The Bertz CT molecular complexity index is 367. The fraction of sp³-hybridized carbons (Fsp3) is 0.818. The van der Waals surface area contributed by atoms with Gasteiger partial charge in [0.1, 0.15) is 0 Å². The van der Waals surface area contributed by atoms with Gasteiger partial charge in [-0.2, -0.15) is 0 Å². The predicted molar refractivity (Wildman–Crippen MR) is 74.3 cm³/mol. The van der Waals surface area contributed by atoms with Crippen LogP contribution in [-0.2, 0) is 4.79 Å². The Balaban J connectivity index is 2.14. The van der Waals surface area contributed by atoms with E-state index in [9.17, 15) is 14.9 Å². The van der Waals surface area contributed by atoms with Crippen molar-refractivity contribution in [2.75, 3.05) is 19.6 Å². The first kappa shape index (κ1) is 16.2. The third kappa shape index (κ3) is 5.83. The van der Waals surface area contributed by atoms with Crippen LogP contribution in [0, 0.1) is 10.1 Å². The van der Waals surface area contributed by atoms with Gasteiger partial charge in [-0.05, 0) is 32.1 Å². The molecule has 114 valence electrons. The molecule has 9 nitrogen and oxygen atoms in total. The molecule has 0 spiro atoms. The first-order valence-electron chi connectivity index (χ1n) is 6.76. The van der Waals surface area contributed by atoms with Crippen LogP contribution in [0.5, 0.6) is 0 Å². The van der Waals surface area contributed by atoms with Gasteiger partial charge in [0.25, 0.3) is 5.96 Å². The summed E-state index contributed by atoms with van der Waals surface area (Å²) in [6.07, 6.45) is 4.11. The van der Waals surface area contributed by atoms with Crippen LogP contribution >= 0.6 is 0 Å². The van der Waals surface area contributed by atoms with Crippen molar-refractivity contribution in [3.05, 3.63) is 10.1 Å². The van der Waals surface area contributed by atoms with Crippen LogP contribution in [-0.4, -0.2) is 47.5 Å². The van der Waals surface area contributed by atoms with Crippen LogP contribution in [0.1, 0.15) is 32.1 Å². The fourth-order valence-corrected chi connectivity index (χ4v) is 2.10. The van der Waals surface area contributed by atoms with Crippen LogP contribution in [0.15, 0.2) is 4.99 Å². The smallest absolute Gasteiger partial charge is 0.251 e. The molecule has 0 bridgehead atoms. The molecule has 0 aromatic heterocycles. The van der Waals surface area contributed by atoms with Crippen molar-refractivity contribution in [1.29, 1.82) is 0 Å². The lowest BCUT2D eigenvalue weighted by molar-refractivity contribution is -0.525. The van der Waals surface area contributed by atoms with Crippen LogP contribution in [0.25, 0.3) is 0 Å². The molecule has 1 amide bonds. The van der Waals surface area contributed by atoms with Gasteiger partial charge in [-0.1, -0.05) is 5.43 Å². The highest BCUT2D eigenvalue weighted by molar-refractivity contribution is 5.81. The highest BCUT2D eigenvalue weighted by atomic mass is 16.7. The molecule has 20 heavy (non-hydrogen) atoms. The molecule has 1 aliphatic heterocycles. The fourth-order valence-electron chi connectivity index (χ4n) is 2.10. The van der Waals surface area contributed by atoms with Gasteiger partial charge in [0.2, 0.25) is 5.91 Å². The van der Waals surface area contributed by atoms with Gasteiger partial charge in [-0.3, -0.25) is 4.79 Å². The number of amides is 1. The van der Waals surface area contributed by atoms with E-state index in [1.54, 1.807) is 5.43 Å². The van der Waals surface area contributed by atoms with Crippen LogP contribution in [0.3, 0.4) is 0 Å². The van der Waals surface area contributed by atoms with Crippen molar-refractivity contribution in [1.82, 2.24) is 10.3 Å². The summed E-state index contributed by atoms with van der Waals surface area (Å²) in [5.41, 5.74) is 12.9. The maximum Gasteiger partial charge on any atom is 0.251 e. The molecule has 5 N–H and O–H groups in total. The third-order valence-electron chi connectivity index (χ3n) is 3.15. The van der Waals surface area contributed by atoms with Crippen molar-refractivity contribution in [3.8, 4) is 0 Å². The quantitative estimate of drug-likeness (QED) is 0.184. The Labute approximate surface area is 117 Å². The minimum Gasteiger partial charge on any atom is -0.365 e. The van der Waals surface area contributed by atoms with Crippen molar-refractivity contribution in [3.63, 3.8) is 0 Å². The molecule has 0 radical (unpaired) electrons. The molecule has 1 rings (SSSR count). The molecule has 0 aromatic carbocycles. The summed E-state index contributed by atoms with van der Waals surface area (Å²) >= 11 is 0. The van der Waals surface area contributed by atoms with E-state index in [2.05, 4.69) is 4.99 Å². The van der Waals surface area contributed by atoms with E-state index in [-0.39, 0.29) is 11.9 Å². The summed E-state index contributed by atoms with van der Waals surface area (Å²) in [5.74, 6) is -0.201. The van der Waals surface area contributed by atoms with Gasteiger partial charge in [0.15, 0.2) is 5.03 Å². The summed E-state index contributed by atoms with van der Waals surface area (Å²) in [5, 5.41) is 9.30. The van der Waals surface area contributed by atoms with E-state index in [1.165, 1.54) is 0 Å². The van der Waals surface area contributed by atoms with Crippen molar-refractivity contribution < 1.29 is 9.83 Å². The van der Waals surface area contributed by atoms with Crippen LogP contribution in [0.4, 0.5) is 0 Å². The van der Waals surface area contributed by atoms with Crippen LogP contribution < -0.4 is 16.9 Å². The number of guanidine groups is 1. The average molecular weight is 286 g/mol. The largest absolute Gasteiger partial charge is 0.365 e. The van der Waals surface area contributed by atoms with Gasteiger partial charge in [-0.25, -0.2) is 15.1 Å². The molecule has 9 heteroatoms. The Morgan fingerprint density at radius 2 is 2.05 bits per heavy atom. The van der Waals surface area contributed by atoms with Gasteiger partial charge >= 0.3 is 0 Å². The number of nitrogens with one attached hydrogen (secondary N) is 1. The lowest BCUT2D eigenvalue weighted by Gasteiger charge is -2.19. The molecule has 1 saturated heterocycles. The molecule has 1 atom stereocenters. The predicted octanol–water partition coefficient (Wildman–Crippen LogP) is -0.798. The van der Waals surface area contributed by atoms with Crippen molar-refractivity contribution in [2.45, 2.75) is 38.1 Å². The zero-order chi connectivity index (χ0) is 15.0. The van der Waals surface area contributed by atoms with E-state index in [0.29, 0.717) is 19.4 Å². The summed E-state index contributed by atoms with van der Waals surface area (Å²) in [6.45, 7) is 1.98. The molecule has 0 saturated carbocycles. The summed E-state index contributed by atoms with van der Waals surface area (Å²) in [6, 6.07) is -0.466. The third-order valence-corrected chi connectivity index (χ3v) is 3.15. The number of unbranched alkanes of at least 4 members (excludes halogenated alkanes) is 1. The highest BCUT2D eigenvalue weighted by Crippen LogP contribution is 2.10. The molecule has 1 unspecified atom stereocenters. The topological polar surface area (TPSA) is 140 Å². The standard InChI is InChI=1S/C11H22N6O3/c12-9(10(18)16-7-3-4-8-16)5-1-2-6-14-11(13)15-17(19)20/h9H,1-8,12H2,(H3,13,14,15). The zero-order valence-electron chi connectivity index (χ0n) is 11.5. The van der Waals surface area contributed by atoms with E-state index < -0.39 is 11.1 Å². The second-order valence-corrected chi connectivity index (χ2v) is 4.77. The molecule has 1 heterocycles. The average Bonchev–Trinajstić information content (AvgIpc) is 2.90. The SMILES string of the molecule is NC(=NCCCCC(N)C(=O)N1CCCC1)N[N+](=O)[O-]. The minimum atomic E-state index is -0.760. The Kier molecular flexibility index (Phi) is 6.71. The van der Waals surface area contributed by atoms with Gasteiger partial charge in [0, 0.05) is 19.6 Å². The van der Waals surface area contributed by atoms with Crippen LogP contribution in [0.2, 0.25) is 0 Å². The second kappa shape index (κ2) is 8.31. The lowest BCUT2D eigenvalue weighted by Crippen LogP contribution is -2.42. The van der Waals surface area contributed by atoms with E-state index in [1.807, 2.05) is 4.90 Å². The number of nitro groups is 1. The monoisotopic (exact) mass is 286 g/mol. The second-order valence-electron chi connectivity index (χ2n) is 4.77. The number of hydrogen-bond acceptors (Lipinski definition) is 5. The number of aliphatic imine (C=N–C) groups is 1. The number of nitrogens with zero attached hydrogens (tertiary/aromatic N) is 3. The number of carbonyl (C=O) groups excluding carboxylic acids is 1. The van der Waals surface area contributed by atoms with Crippen molar-refractivity contribution in [2.24, 2.45) is 16.5 Å². The van der Waals surface area contributed by atoms with E-state index in [0.717, 1.165) is 32.4 Å². The normalized spacial score (nSPS) is 17.1.